The second kappa shape index (κ2) is 12.4. The lowest BCUT2D eigenvalue weighted by Crippen LogP contribution is -2.21. The summed E-state index contributed by atoms with van der Waals surface area (Å²) in [5.41, 5.74) is 1.54. The number of carbonyl (C=O) groups excluding carboxylic acids is 1. The van der Waals surface area contributed by atoms with Gasteiger partial charge in [0.05, 0.1) is 13.2 Å². The van der Waals surface area contributed by atoms with Crippen LogP contribution >= 0.6 is 0 Å². The molecule has 2 aromatic carbocycles. The van der Waals surface area contributed by atoms with Gasteiger partial charge in [0.1, 0.15) is 18.1 Å². The number of benzene rings is 2. The molecule has 150 valence electrons. The average Bonchev–Trinajstić information content (AvgIpc) is 2.71. The molecule has 0 aliphatic carbocycles. The molecule has 0 saturated carbocycles. The highest BCUT2D eigenvalue weighted by molar-refractivity contribution is 5.93. The van der Waals surface area contributed by atoms with Crippen LogP contribution in [0.2, 0.25) is 0 Å². The van der Waals surface area contributed by atoms with Crippen molar-refractivity contribution in [3.63, 3.8) is 0 Å². The highest BCUT2D eigenvalue weighted by atomic mass is 16.5. The summed E-state index contributed by atoms with van der Waals surface area (Å²) in [7, 11) is 0. The number of ether oxygens (including phenoxy) is 2. The molecule has 0 aromatic heterocycles. The second-order valence-electron chi connectivity index (χ2n) is 6.47. The number of anilines is 2. The minimum absolute atomic E-state index is 0.127. The van der Waals surface area contributed by atoms with Gasteiger partial charge in [-0.05, 0) is 30.7 Å². The van der Waals surface area contributed by atoms with Crippen molar-refractivity contribution >= 4 is 17.3 Å². The summed E-state index contributed by atoms with van der Waals surface area (Å²) in [5.74, 6) is 1.38. The number of rotatable bonds is 13. The first-order chi connectivity index (χ1) is 13.7. The Kier molecular flexibility index (Phi) is 9.49. The summed E-state index contributed by atoms with van der Waals surface area (Å²) in [6.07, 6.45) is 6.36. The van der Waals surface area contributed by atoms with Crippen LogP contribution in [-0.4, -0.2) is 25.7 Å². The molecule has 0 saturated heterocycles. The van der Waals surface area contributed by atoms with E-state index in [1.165, 1.54) is 19.3 Å². The zero-order valence-corrected chi connectivity index (χ0v) is 16.6. The fourth-order valence-electron chi connectivity index (χ4n) is 2.62. The van der Waals surface area contributed by atoms with E-state index in [-0.39, 0.29) is 12.5 Å². The van der Waals surface area contributed by atoms with E-state index in [4.69, 9.17) is 9.47 Å². The molecule has 0 spiro atoms. The summed E-state index contributed by atoms with van der Waals surface area (Å²) in [4.78, 5) is 12.2. The molecule has 0 unspecified atom stereocenters. The molecule has 0 fully saturated rings. The fraction of sp³-hybridized carbons (Fsp3) is 0.348. The zero-order chi connectivity index (χ0) is 20.0. The molecule has 1 amide bonds. The van der Waals surface area contributed by atoms with Crippen LogP contribution in [-0.2, 0) is 4.79 Å². The standard InChI is InChI=1S/C23H30N2O3/c1-3-5-6-7-15-28-22-13-9-11-20(17-22)25-23(26)18-24-19-10-8-12-21(16-19)27-14-4-2/h4,8-13,16-17,24H,2-3,5-7,14-15,18H2,1H3,(H,25,26). The largest absolute Gasteiger partial charge is 0.494 e. The molecule has 0 radical (unpaired) electrons. The summed E-state index contributed by atoms with van der Waals surface area (Å²) in [6.45, 7) is 7.12. The van der Waals surface area contributed by atoms with Crippen LogP contribution in [0.1, 0.15) is 32.6 Å². The van der Waals surface area contributed by atoms with Gasteiger partial charge < -0.3 is 20.1 Å². The molecule has 0 aliphatic rings. The van der Waals surface area contributed by atoms with E-state index in [0.29, 0.717) is 13.2 Å². The third-order valence-corrected chi connectivity index (χ3v) is 4.04. The van der Waals surface area contributed by atoms with Gasteiger partial charge in [-0.25, -0.2) is 0 Å². The maximum Gasteiger partial charge on any atom is 0.243 e. The Bertz CT molecular complexity index is 746. The highest BCUT2D eigenvalue weighted by Crippen LogP contribution is 2.19. The number of hydrogen-bond donors (Lipinski definition) is 2. The second-order valence-corrected chi connectivity index (χ2v) is 6.47. The minimum Gasteiger partial charge on any atom is -0.494 e. The average molecular weight is 383 g/mol. The normalized spacial score (nSPS) is 10.2. The van der Waals surface area contributed by atoms with Gasteiger partial charge in [-0.3, -0.25) is 4.79 Å². The van der Waals surface area contributed by atoms with Gasteiger partial charge in [0.25, 0.3) is 0 Å². The third kappa shape index (κ3) is 8.16. The number of nitrogens with one attached hydrogen (secondary N) is 2. The quantitative estimate of drug-likeness (QED) is 0.366. The Balaban J connectivity index is 1.78. The molecule has 0 atom stereocenters. The van der Waals surface area contributed by atoms with Crippen molar-refractivity contribution in [1.29, 1.82) is 0 Å². The summed E-state index contributed by atoms with van der Waals surface area (Å²) in [5, 5.41) is 5.99. The van der Waals surface area contributed by atoms with Crippen molar-refractivity contribution in [2.24, 2.45) is 0 Å². The Hall–Kier alpha value is -2.95. The maximum absolute atomic E-state index is 12.2. The van der Waals surface area contributed by atoms with Crippen molar-refractivity contribution in [3.05, 3.63) is 61.2 Å². The first kappa shape index (κ1) is 21.4. The predicted octanol–water partition coefficient (Wildman–Crippen LogP) is 5.26. The predicted molar refractivity (Wildman–Crippen MR) is 115 cm³/mol. The number of unbranched alkanes of at least 4 members (excludes halogenated alkanes) is 3. The first-order valence-electron chi connectivity index (χ1n) is 9.81. The zero-order valence-electron chi connectivity index (χ0n) is 16.6. The van der Waals surface area contributed by atoms with E-state index in [1.807, 2.05) is 48.5 Å². The lowest BCUT2D eigenvalue weighted by molar-refractivity contribution is -0.114. The Labute approximate surface area is 167 Å². The monoisotopic (exact) mass is 382 g/mol. The fourth-order valence-corrected chi connectivity index (χ4v) is 2.62. The molecule has 2 aromatic rings. The maximum atomic E-state index is 12.2. The van der Waals surface area contributed by atoms with Crippen molar-refractivity contribution in [1.82, 2.24) is 0 Å². The van der Waals surface area contributed by atoms with Gasteiger partial charge in [0.2, 0.25) is 5.91 Å². The van der Waals surface area contributed by atoms with Crippen molar-refractivity contribution in [3.8, 4) is 11.5 Å². The van der Waals surface area contributed by atoms with Gasteiger partial charge in [-0.1, -0.05) is 51.0 Å². The molecule has 5 heteroatoms. The van der Waals surface area contributed by atoms with Crippen LogP contribution < -0.4 is 20.1 Å². The molecular formula is C23H30N2O3. The van der Waals surface area contributed by atoms with E-state index < -0.39 is 0 Å². The lowest BCUT2D eigenvalue weighted by Gasteiger charge is -2.11. The number of hydrogen-bond acceptors (Lipinski definition) is 4. The summed E-state index contributed by atoms with van der Waals surface area (Å²) < 4.78 is 11.3. The summed E-state index contributed by atoms with van der Waals surface area (Å²) in [6, 6.07) is 15.0. The van der Waals surface area contributed by atoms with E-state index in [0.717, 1.165) is 29.3 Å². The smallest absolute Gasteiger partial charge is 0.243 e. The molecule has 2 rings (SSSR count). The third-order valence-electron chi connectivity index (χ3n) is 4.04. The van der Waals surface area contributed by atoms with Crippen molar-refractivity contribution < 1.29 is 14.3 Å². The molecular weight excluding hydrogens is 352 g/mol. The minimum atomic E-state index is -0.127. The number of carbonyl (C=O) groups is 1. The molecule has 0 bridgehead atoms. The van der Waals surface area contributed by atoms with Crippen LogP contribution in [0, 0.1) is 0 Å². The van der Waals surface area contributed by atoms with Crippen molar-refractivity contribution in [2.75, 3.05) is 30.4 Å². The summed E-state index contributed by atoms with van der Waals surface area (Å²) >= 11 is 0. The van der Waals surface area contributed by atoms with E-state index in [9.17, 15) is 4.79 Å². The SMILES string of the molecule is C=CCOc1cccc(NCC(=O)Nc2cccc(OCCCCCC)c2)c1. The van der Waals surface area contributed by atoms with Gasteiger partial charge in [0, 0.05) is 23.5 Å². The van der Waals surface area contributed by atoms with E-state index in [1.54, 1.807) is 6.08 Å². The van der Waals surface area contributed by atoms with Gasteiger partial charge in [0.15, 0.2) is 0 Å². The molecule has 0 heterocycles. The Morgan fingerprint density at radius 3 is 2.46 bits per heavy atom. The van der Waals surface area contributed by atoms with Crippen LogP contribution in [0.25, 0.3) is 0 Å². The van der Waals surface area contributed by atoms with Gasteiger partial charge >= 0.3 is 0 Å². The van der Waals surface area contributed by atoms with Gasteiger partial charge in [-0.2, -0.15) is 0 Å². The van der Waals surface area contributed by atoms with E-state index >= 15 is 0 Å². The van der Waals surface area contributed by atoms with Crippen LogP contribution in [0.15, 0.2) is 61.2 Å². The van der Waals surface area contributed by atoms with Crippen LogP contribution in [0.4, 0.5) is 11.4 Å². The topological polar surface area (TPSA) is 59.6 Å². The van der Waals surface area contributed by atoms with Gasteiger partial charge in [-0.15, -0.1) is 0 Å². The number of amides is 1. The van der Waals surface area contributed by atoms with E-state index in [2.05, 4.69) is 24.1 Å². The molecule has 2 N–H and O–H groups in total. The Morgan fingerprint density at radius 1 is 1.00 bits per heavy atom. The molecule has 28 heavy (non-hydrogen) atoms. The van der Waals surface area contributed by atoms with Crippen LogP contribution in [0.5, 0.6) is 11.5 Å². The molecule has 0 aliphatic heterocycles. The Morgan fingerprint density at radius 2 is 1.71 bits per heavy atom. The lowest BCUT2D eigenvalue weighted by atomic mass is 10.2. The van der Waals surface area contributed by atoms with Crippen molar-refractivity contribution in [2.45, 2.75) is 32.6 Å². The first-order valence-corrected chi connectivity index (χ1v) is 9.81. The molecule has 5 nitrogen and oxygen atoms in total. The highest BCUT2D eigenvalue weighted by Gasteiger charge is 2.04. The van der Waals surface area contributed by atoms with Crippen LogP contribution in [0.3, 0.4) is 0 Å².